The van der Waals surface area contributed by atoms with Gasteiger partial charge in [-0.2, -0.15) is 0 Å². The summed E-state index contributed by atoms with van der Waals surface area (Å²) in [4.78, 5) is 30.1. The number of nitrogens with two attached hydrogens (primary N) is 1. The van der Waals surface area contributed by atoms with E-state index in [2.05, 4.69) is 11.4 Å². The number of sulfonamides is 1. The van der Waals surface area contributed by atoms with Gasteiger partial charge in [-0.3, -0.25) is 9.59 Å². The number of primary sulfonamides is 1. The van der Waals surface area contributed by atoms with Crippen LogP contribution in [0.3, 0.4) is 0 Å². The van der Waals surface area contributed by atoms with Gasteiger partial charge in [0, 0.05) is 17.0 Å². The maximum atomic E-state index is 13.8. The molecular weight excluding hydrogens is 555 g/mol. The Morgan fingerprint density at radius 3 is 2.39 bits per heavy atom. The summed E-state index contributed by atoms with van der Waals surface area (Å²) in [7, 11) is -3.75. The Balaban J connectivity index is 1.37. The second-order valence-corrected chi connectivity index (χ2v) is 12.4. The largest absolute Gasteiger partial charge is 0.352 e. The highest BCUT2D eigenvalue weighted by Crippen LogP contribution is 2.43. The fourth-order valence-electron chi connectivity index (χ4n) is 4.57. The summed E-state index contributed by atoms with van der Waals surface area (Å²) in [5, 5.41) is 8.08. The van der Waals surface area contributed by atoms with Crippen molar-refractivity contribution in [2.24, 2.45) is 5.14 Å². The van der Waals surface area contributed by atoms with Crippen LogP contribution >= 0.6 is 11.8 Å². The van der Waals surface area contributed by atoms with Crippen LogP contribution in [-0.2, 0) is 27.8 Å². The lowest BCUT2D eigenvalue weighted by atomic mass is 10.1. The van der Waals surface area contributed by atoms with Crippen LogP contribution < -0.4 is 15.4 Å². The summed E-state index contributed by atoms with van der Waals surface area (Å²) in [6.45, 7) is 2.75. The van der Waals surface area contributed by atoms with Gasteiger partial charge in [-0.25, -0.2) is 13.6 Å². The number of anilines is 1. The van der Waals surface area contributed by atoms with Gasteiger partial charge < -0.3 is 10.2 Å². The van der Waals surface area contributed by atoms with Crippen molar-refractivity contribution in [2.45, 2.75) is 29.7 Å². The van der Waals surface area contributed by atoms with Gasteiger partial charge in [0.2, 0.25) is 10.0 Å². The van der Waals surface area contributed by atoms with E-state index in [1.165, 1.54) is 23.9 Å². The van der Waals surface area contributed by atoms with Gasteiger partial charge in [-0.1, -0.05) is 84.1 Å². The molecule has 0 radical (unpaired) electrons. The number of benzene rings is 4. The predicted molar refractivity (Wildman–Crippen MR) is 163 cm³/mol. The molecule has 0 aromatic heterocycles. The van der Waals surface area contributed by atoms with E-state index in [-0.39, 0.29) is 16.7 Å². The molecule has 0 atom stereocenters. The van der Waals surface area contributed by atoms with E-state index >= 15 is 0 Å². The highest BCUT2D eigenvalue weighted by Gasteiger charge is 2.30. The molecule has 9 heteroatoms. The molecule has 4 aromatic carbocycles. The fourth-order valence-corrected chi connectivity index (χ4v) is 6.13. The maximum Gasteiger partial charge on any atom is 0.265 e. The molecular formula is C32H29N3O4S2. The van der Waals surface area contributed by atoms with E-state index < -0.39 is 10.0 Å². The van der Waals surface area contributed by atoms with Gasteiger partial charge in [0.05, 0.1) is 22.0 Å². The average molecular weight is 584 g/mol. The predicted octanol–water partition coefficient (Wildman–Crippen LogP) is 5.29. The van der Waals surface area contributed by atoms with Crippen LogP contribution in [0, 0.1) is 6.92 Å². The zero-order valence-corrected chi connectivity index (χ0v) is 24.0. The number of carbonyl (C=O) groups excluding carboxylic acids is 2. The standard InChI is InChI=1S/C32H29N3O4S2/c1-22-6-5-9-25(18-22)21-35-28-20-26(31(36)34-17-16-23-10-13-27(14-11-23)41(33,38)39)12-15-29(28)40-30(32(35)37)19-24-7-3-2-4-8-24/h2-15,18-20H,16-17,21H2,1H3,(H,34,36)(H2,33,38,39)/b30-19-. The Kier molecular flexibility index (Phi) is 8.39. The first-order chi connectivity index (χ1) is 19.7. The molecule has 208 valence electrons. The summed E-state index contributed by atoms with van der Waals surface area (Å²) in [5.74, 6) is -0.374. The number of aryl methyl sites for hydroxylation is 1. The normalized spacial score (nSPS) is 14.1. The molecule has 0 saturated carbocycles. The second kappa shape index (κ2) is 12.1. The van der Waals surface area contributed by atoms with Gasteiger partial charge in [0.25, 0.3) is 11.8 Å². The Bertz CT molecular complexity index is 1730. The molecule has 1 aliphatic heterocycles. The highest BCUT2D eigenvalue weighted by molar-refractivity contribution is 8.04. The van der Waals surface area contributed by atoms with Crippen LogP contribution in [0.25, 0.3) is 6.08 Å². The molecule has 2 amide bonds. The molecule has 3 N–H and O–H groups in total. The van der Waals surface area contributed by atoms with Crippen LogP contribution in [0.15, 0.2) is 112 Å². The van der Waals surface area contributed by atoms with E-state index in [4.69, 9.17) is 5.14 Å². The third-order valence-corrected chi connectivity index (χ3v) is 8.67. The average Bonchev–Trinajstić information content (AvgIpc) is 2.95. The first-order valence-electron chi connectivity index (χ1n) is 13.0. The van der Waals surface area contributed by atoms with E-state index in [1.807, 2.05) is 67.6 Å². The zero-order valence-electron chi connectivity index (χ0n) is 22.4. The number of fused-ring (bicyclic) bond motifs is 1. The van der Waals surface area contributed by atoms with Crippen molar-refractivity contribution < 1.29 is 18.0 Å². The summed E-state index contributed by atoms with van der Waals surface area (Å²) in [6.07, 6.45) is 2.42. The van der Waals surface area contributed by atoms with E-state index in [9.17, 15) is 18.0 Å². The van der Waals surface area contributed by atoms with Crippen LogP contribution in [-0.4, -0.2) is 26.8 Å². The van der Waals surface area contributed by atoms with Gasteiger partial charge in [-0.05, 0) is 66.4 Å². The van der Waals surface area contributed by atoms with Crippen LogP contribution in [0.4, 0.5) is 5.69 Å². The minimum atomic E-state index is -3.75. The molecule has 7 nitrogen and oxygen atoms in total. The van der Waals surface area contributed by atoms with Gasteiger partial charge in [-0.15, -0.1) is 0 Å². The zero-order chi connectivity index (χ0) is 29.0. The Labute approximate surface area is 244 Å². The van der Waals surface area contributed by atoms with Crippen molar-refractivity contribution in [2.75, 3.05) is 11.4 Å². The van der Waals surface area contributed by atoms with Crippen LogP contribution in [0.1, 0.15) is 32.6 Å². The molecule has 0 aliphatic carbocycles. The van der Waals surface area contributed by atoms with Crippen LogP contribution in [0.2, 0.25) is 0 Å². The topological polar surface area (TPSA) is 110 Å². The van der Waals surface area contributed by atoms with Crippen molar-refractivity contribution >= 4 is 45.4 Å². The second-order valence-electron chi connectivity index (χ2n) is 9.78. The van der Waals surface area contributed by atoms with Gasteiger partial charge in [0.1, 0.15) is 0 Å². The van der Waals surface area contributed by atoms with E-state index in [1.54, 1.807) is 29.2 Å². The van der Waals surface area contributed by atoms with Crippen molar-refractivity contribution in [1.82, 2.24) is 5.32 Å². The van der Waals surface area contributed by atoms with Gasteiger partial charge >= 0.3 is 0 Å². The first kappa shape index (κ1) is 28.4. The molecule has 1 heterocycles. The van der Waals surface area contributed by atoms with Crippen molar-refractivity contribution in [1.29, 1.82) is 0 Å². The fraction of sp³-hybridized carbons (Fsp3) is 0.125. The smallest absolute Gasteiger partial charge is 0.265 e. The monoisotopic (exact) mass is 583 g/mol. The SMILES string of the molecule is Cc1cccc(CN2C(=O)/C(=C/c3ccccc3)Sc3ccc(C(=O)NCCc4ccc(S(N)(=O)=O)cc4)cc32)c1. The number of rotatable bonds is 8. The molecule has 0 fully saturated rings. The lowest BCUT2D eigenvalue weighted by molar-refractivity contribution is -0.114. The lowest BCUT2D eigenvalue weighted by Crippen LogP contribution is -2.34. The Morgan fingerprint density at radius 1 is 0.927 bits per heavy atom. The molecule has 4 aromatic rings. The Hall–Kier alpha value is -4.18. The number of hydrogen-bond acceptors (Lipinski definition) is 5. The quantitative estimate of drug-likeness (QED) is 0.274. The molecule has 0 unspecified atom stereocenters. The number of carbonyl (C=O) groups is 2. The van der Waals surface area contributed by atoms with Crippen LogP contribution in [0.5, 0.6) is 0 Å². The number of thioether (sulfide) groups is 1. The van der Waals surface area contributed by atoms with Crippen molar-refractivity contribution in [3.05, 3.63) is 130 Å². The highest BCUT2D eigenvalue weighted by atomic mass is 32.2. The Morgan fingerprint density at radius 2 is 1.68 bits per heavy atom. The third kappa shape index (κ3) is 6.94. The summed E-state index contributed by atoms with van der Waals surface area (Å²) < 4.78 is 22.9. The molecule has 0 saturated heterocycles. The summed E-state index contributed by atoms with van der Waals surface area (Å²) in [5.41, 5.74) is 5.06. The third-order valence-electron chi connectivity index (χ3n) is 6.66. The number of hydrogen-bond donors (Lipinski definition) is 2. The number of amides is 2. The first-order valence-corrected chi connectivity index (χ1v) is 15.4. The maximum absolute atomic E-state index is 13.8. The van der Waals surface area contributed by atoms with E-state index in [0.29, 0.717) is 35.7 Å². The lowest BCUT2D eigenvalue weighted by Gasteiger charge is -2.31. The number of nitrogens with one attached hydrogen (secondary N) is 1. The van der Waals surface area contributed by atoms with Crippen molar-refractivity contribution in [3.8, 4) is 0 Å². The summed E-state index contributed by atoms with van der Waals surface area (Å²) >= 11 is 1.40. The van der Waals surface area contributed by atoms with E-state index in [0.717, 1.165) is 27.1 Å². The molecule has 0 bridgehead atoms. The summed E-state index contributed by atoms with van der Waals surface area (Å²) in [6, 6.07) is 29.5. The molecule has 41 heavy (non-hydrogen) atoms. The molecule has 0 spiro atoms. The molecule has 5 rings (SSSR count). The minimum absolute atomic E-state index is 0.0451. The van der Waals surface area contributed by atoms with Gasteiger partial charge in [0.15, 0.2) is 0 Å². The number of nitrogens with zero attached hydrogens (tertiary/aromatic N) is 1. The molecule has 1 aliphatic rings. The van der Waals surface area contributed by atoms with Crippen molar-refractivity contribution in [3.63, 3.8) is 0 Å². The minimum Gasteiger partial charge on any atom is -0.352 e.